The molecule has 1 saturated carbocycles. The highest BCUT2D eigenvalue weighted by Crippen LogP contribution is 2.43. The Kier molecular flexibility index (Phi) is 8.05. The minimum absolute atomic E-state index is 0.0898. The van der Waals surface area contributed by atoms with Crippen molar-refractivity contribution in [2.45, 2.75) is 77.5 Å². The molecule has 196 valence electrons. The summed E-state index contributed by atoms with van der Waals surface area (Å²) < 4.78 is 5.31. The van der Waals surface area contributed by atoms with Gasteiger partial charge in [-0.1, -0.05) is 26.8 Å². The number of amides is 3. The van der Waals surface area contributed by atoms with E-state index in [-0.39, 0.29) is 17.9 Å². The number of rotatable bonds is 9. The van der Waals surface area contributed by atoms with Crippen LogP contribution < -0.4 is 15.4 Å². The lowest BCUT2D eigenvalue weighted by atomic mass is 9.84. The van der Waals surface area contributed by atoms with E-state index in [4.69, 9.17) is 9.84 Å². The summed E-state index contributed by atoms with van der Waals surface area (Å²) in [6, 6.07) is 2.02. The fraction of sp³-hybridized carbons (Fsp3) is 0.577. The lowest BCUT2D eigenvalue weighted by molar-refractivity contribution is -0.147. The van der Waals surface area contributed by atoms with E-state index in [1.807, 2.05) is 20.8 Å². The number of hydrogen-bond donors (Lipinski definition) is 3. The molecule has 0 aromatic heterocycles. The Morgan fingerprint density at radius 3 is 2.47 bits per heavy atom. The van der Waals surface area contributed by atoms with Crippen LogP contribution in [0.5, 0.6) is 5.75 Å². The van der Waals surface area contributed by atoms with Gasteiger partial charge in [0.15, 0.2) is 0 Å². The number of hydrogen-bond acceptors (Lipinski definition) is 6. The first-order chi connectivity index (χ1) is 16.9. The third kappa shape index (κ3) is 5.52. The predicted molar refractivity (Wildman–Crippen MR) is 130 cm³/mol. The number of fused-ring (bicyclic) bond motifs is 2. The van der Waals surface area contributed by atoms with Crippen LogP contribution in [0, 0.1) is 18.3 Å². The number of nitrogens with zero attached hydrogens (tertiary/aromatic N) is 1. The van der Waals surface area contributed by atoms with Crippen molar-refractivity contribution in [1.82, 2.24) is 15.5 Å². The molecule has 1 aromatic rings. The van der Waals surface area contributed by atoms with Crippen molar-refractivity contribution in [3.63, 3.8) is 0 Å². The first kappa shape index (κ1) is 27.2. The molecule has 1 aliphatic heterocycles. The van der Waals surface area contributed by atoms with Crippen LogP contribution in [0.1, 0.15) is 62.4 Å². The molecule has 36 heavy (non-hydrogen) atoms. The van der Waals surface area contributed by atoms with Gasteiger partial charge in [0.1, 0.15) is 24.1 Å². The van der Waals surface area contributed by atoms with Gasteiger partial charge in [0.05, 0.1) is 19.6 Å². The fourth-order valence-electron chi connectivity index (χ4n) is 5.32. The third-order valence-corrected chi connectivity index (χ3v) is 7.13. The van der Waals surface area contributed by atoms with Crippen LogP contribution in [0.2, 0.25) is 0 Å². The Morgan fingerprint density at radius 1 is 1.19 bits per heavy atom. The number of ether oxygens (including phenoxy) is 1. The Balaban J connectivity index is 1.86. The van der Waals surface area contributed by atoms with Gasteiger partial charge >= 0.3 is 5.97 Å². The number of likely N-dealkylation sites (tertiary alicyclic amines) is 1. The summed E-state index contributed by atoms with van der Waals surface area (Å²) in [5, 5.41) is 14.4. The lowest BCUT2D eigenvalue weighted by Crippen LogP contribution is -2.61. The highest BCUT2D eigenvalue weighted by atomic mass is 16.5. The van der Waals surface area contributed by atoms with Gasteiger partial charge in [-0.05, 0) is 49.7 Å². The van der Waals surface area contributed by atoms with Gasteiger partial charge in [0, 0.05) is 17.2 Å². The minimum atomic E-state index is -1.21. The molecule has 10 nitrogen and oxygen atoms in total. The highest BCUT2D eigenvalue weighted by molar-refractivity contribution is 6.00. The molecular weight excluding hydrogens is 466 g/mol. The van der Waals surface area contributed by atoms with E-state index in [0.29, 0.717) is 29.6 Å². The van der Waals surface area contributed by atoms with E-state index >= 15 is 0 Å². The molecule has 0 radical (unpaired) electrons. The number of carbonyl (C=O) groups is 5. The van der Waals surface area contributed by atoms with E-state index in [2.05, 4.69) is 10.6 Å². The maximum atomic E-state index is 13.9. The van der Waals surface area contributed by atoms with E-state index in [0.717, 1.165) is 12.8 Å². The summed E-state index contributed by atoms with van der Waals surface area (Å²) >= 11 is 0. The monoisotopic (exact) mass is 501 g/mol. The quantitative estimate of drug-likeness (QED) is 0.437. The summed E-state index contributed by atoms with van der Waals surface area (Å²) in [5.74, 6) is -2.08. The van der Waals surface area contributed by atoms with Gasteiger partial charge in [0.25, 0.3) is 5.91 Å². The Labute approximate surface area is 210 Å². The smallest absolute Gasteiger partial charge is 0.305 e. The molecule has 1 heterocycles. The zero-order chi connectivity index (χ0) is 26.8. The number of carboxylic acids is 1. The second-order valence-corrected chi connectivity index (χ2v) is 10.7. The van der Waals surface area contributed by atoms with Crippen molar-refractivity contribution in [3.8, 4) is 5.75 Å². The first-order valence-electron chi connectivity index (χ1n) is 12.1. The van der Waals surface area contributed by atoms with Crippen LogP contribution in [0.4, 0.5) is 0 Å². The first-order valence-corrected chi connectivity index (χ1v) is 12.1. The van der Waals surface area contributed by atoms with Crippen LogP contribution in [0.15, 0.2) is 18.2 Å². The van der Waals surface area contributed by atoms with Crippen LogP contribution in [0.3, 0.4) is 0 Å². The molecule has 1 aromatic carbocycles. The summed E-state index contributed by atoms with van der Waals surface area (Å²) in [7, 11) is 1.52. The van der Waals surface area contributed by atoms with Gasteiger partial charge in [-0.25, -0.2) is 0 Å². The van der Waals surface area contributed by atoms with Crippen LogP contribution in [-0.4, -0.2) is 71.3 Å². The molecule has 5 atom stereocenters. The van der Waals surface area contributed by atoms with Crippen molar-refractivity contribution in [2.24, 2.45) is 11.3 Å². The van der Waals surface area contributed by atoms with E-state index in [9.17, 15) is 24.0 Å². The van der Waals surface area contributed by atoms with E-state index < -0.39 is 47.7 Å². The maximum absolute atomic E-state index is 13.9. The summed E-state index contributed by atoms with van der Waals surface area (Å²) in [5.41, 5.74) is 0.362. The van der Waals surface area contributed by atoms with Gasteiger partial charge in [-0.15, -0.1) is 0 Å². The second-order valence-electron chi connectivity index (χ2n) is 10.7. The zero-order valence-corrected chi connectivity index (χ0v) is 21.4. The number of nitrogens with one attached hydrogen (secondary N) is 2. The van der Waals surface area contributed by atoms with Crippen molar-refractivity contribution in [2.75, 3.05) is 7.11 Å². The molecule has 10 heteroatoms. The molecule has 3 rings (SSSR count). The molecular formula is C26H35N3O7. The standard InChI is InChI=1S/C26H35N3O7/c1-14-18(7-6-8-19(14)36-5)23(33)28-22(26(2,3)4)25(35)29-17-10-9-15(11-17)21(29)24(34)27-16(13-30)12-20(31)32/h6-8,13,15-17,21-22H,9-12H2,1-5H3,(H,27,34)(H,28,33)(H,31,32)/t15-,16?,17+,21-,22+/m0/s1. The largest absolute Gasteiger partial charge is 0.496 e. The molecule has 1 saturated heterocycles. The van der Waals surface area contributed by atoms with Crippen molar-refractivity contribution in [3.05, 3.63) is 29.3 Å². The van der Waals surface area contributed by atoms with Gasteiger partial charge < -0.3 is 30.2 Å². The Hall–Kier alpha value is -3.43. The molecule has 2 aliphatic rings. The summed E-state index contributed by atoms with van der Waals surface area (Å²) in [6.07, 6.45) is 2.00. The number of benzene rings is 1. The number of carbonyl (C=O) groups excluding carboxylic acids is 4. The number of aldehydes is 1. The topological polar surface area (TPSA) is 142 Å². The van der Waals surface area contributed by atoms with Crippen LogP contribution >= 0.6 is 0 Å². The van der Waals surface area contributed by atoms with Crippen molar-refractivity contribution < 1.29 is 33.8 Å². The maximum Gasteiger partial charge on any atom is 0.305 e. The molecule has 3 amide bonds. The number of carboxylic acid groups (broad SMARTS) is 1. The normalized spacial score (nSPS) is 22.5. The number of piperidine rings is 1. The molecule has 2 bridgehead atoms. The molecule has 1 aliphatic carbocycles. The summed E-state index contributed by atoms with van der Waals surface area (Å²) in [6.45, 7) is 7.29. The average molecular weight is 502 g/mol. The number of aliphatic carboxylic acids is 1. The van der Waals surface area contributed by atoms with Gasteiger partial charge in [-0.2, -0.15) is 0 Å². The Bertz CT molecular complexity index is 1050. The van der Waals surface area contributed by atoms with Crippen molar-refractivity contribution in [1.29, 1.82) is 0 Å². The third-order valence-electron chi connectivity index (χ3n) is 7.13. The lowest BCUT2D eigenvalue weighted by Gasteiger charge is -2.40. The predicted octanol–water partition coefficient (Wildman–Crippen LogP) is 1.69. The molecule has 3 N–H and O–H groups in total. The summed E-state index contributed by atoms with van der Waals surface area (Å²) in [4.78, 5) is 64.3. The zero-order valence-electron chi connectivity index (χ0n) is 21.4. The highest BCUT2D eigenvalue weighted by Gasteiger charge is 2.53. The van der Waals surface area contributed by atoms with Crippen molar-refractivity contribution >= 4 is 30.0 Å². The van der Waals surface area contributed by atoms with Gasteiger partial charge in [-0.3, -0.25) is 19.2 Å². The number of methoxy groups -OCH3 is 1. The van der Waals surface area contributed by atoms with Crippen LogP contribution in [-0.2, 0) is 19.2 Å². The Morgan fingerprint density at radius 2 is 1.89 bits per heavy atom. The fourth-order valence-corrected chi connectivity index (χ4v) is 5.32. The van der Waals surface area contributed by atoms with E-state index in [1.165, 1.54) is 7.11 Å². The SMILES string of the molecule is COc1cccc(C(=O)N[C@H](C(=O)N2[C@@H]3CC[C@@H](C3)[C@H]2C(=O)NC(C=O)CC(=O)O)C(C)(C)C)c1C. The minimum Gasteiger partial charge on any atom is -0.496 e. The molecule has 0 spiro atoms. The molecule has 1 unspecified atom stereocenters. The van der Waals surface area contributed by atoms with E-state index in [1.54, 1.807) is 30.0 Å². The molecule has 2 fully saturated rings. The van der Waals surface area contributed by atoms with Gasteiger partial charge in [0.2, 0.25) is 11.8 Å². The average Bonchev–Trinajstić information content (AvgIpc) is 3.42. The second kappa shape index (κ2) is 10.7. The van der Waals surface area contributed by atoms with Crippen LogP contribution in [0.25, 0.3) is 0 Å².